The molecule has 0 spiro atoms. The molecule has 0 radical (unpaired) electrons. The van der Waals surface area contributed by atoms with E-state index in [1.807, 2.05) is 24.3 Å². The molecule has 1 heterocycles. The van der Waals surface area contributed by atoms with Gasteiger partial charge in [0.25, 0.3) is 0 Å². The maximum Gasteiger partial charge on any atom is 0.335 e. The Labute approximate surface area is 122 Å². The van der Waals surface area contributed by atoms with Gasteiger partial charge in [0.15, 0.2) is 0 Å². The minimum absolute atomic E-state index is 0.0503. The highest BCUT2D eigenvalue weighted by Crippen LogP contribution is 2.32. The Morgan fingerprint density at radius 2 is 1.86 bits per heavy atom. The van der Waals surface area contributed by atoms with Crippen molar-refractivity contribution in [2.45, 2.75) is 13.3 Å². The van der Waals surface area contributed by atoms with Crippen LogP contribution in [0.1, 0.15) is 22.8 Å². The largest absolute Gasteiger partial charge is 0.478 e. The number of anilines is 1. The number of amides is 1. The molecule has 0 saturated heterocycles. The lowest BCUT2D eigenvalue weighted by atomic mass is 10.00. The number of benzene rings is 2. The van der Waals surface area contributed by atoms with E-state index >= 15 is 0 Å². The Morgan fingerprint density at radius 3 is 2.57 bits per heavy atom. The van der Waals surface area contributed by atoms with Crippen LogP contribution in [0.4, 0.5) is 5.69 Å². The zero-order chi connectivity index (χ0) is 15.0. The van der Waals surface area contributed by atoms with Gasteiger partial charge in [-0.2, -0.15) is 0 Å². The van der Waals surface area contributed by atoms with E-state index in [2.05, 4.69) is 0 Å². The molecule has 3 rings (SSSR count). The number of carboxylic acids is 1. The van der Waals surface area contributed by atoms with Crippen LogP contribution in [0.25, 0.3) is 11.1 Å². The Balaban J connectivity index is 2.00. The predicted molar refractivity (Wildman–Crippen MR) is 80.6 cm³/mol. The van der Waals surface area contributed by atoms with Crippen LogP contribution >= 0.6 is 0 Å². The van der Waals surface area contributed by atoms with Crippen molar-refractivity contribution in [2.24, 2.45) is 0 Å². The van der Waals surface area contributed by atoms with Gasteiger partial charge < -0.3 is 10.0 Å². The highest BCUT2D eigenvalue weighted by molar-refractivity contribution is 5.94. The van der Waals surface area contributed by atoms with E-state index < -0.39 is 5.97 Å². The van der Waals surface area contributed by atoms with Gasteiger partial charge in [0, 0.05) is 19.2 Å². The summed E-state index contributed by atoms with van der Waals surface area (Å²) in [5, 5.41) is 9.06. The second-order valence-electron chi connectivity index (χ2n) is 5.15. The first-order valence-electron chi connectivity index (χ1n) is 6.81. The molecule has 1 aliphatic rings. The summed E-state index contributed by atoms with van der Waals surface area (Å²) in [6.45, 7) is 2.28. The molecule has 106 valence electrons. The lowest BCUT2D eigenvalue weighted by Gasteiger charge is -2.15. The van der Waals surface area contributed by atoms with Crippen molar-refractivity contribution in [1.82, 2.24) is 0 Å². The standard InChI is InChI=1S/C17H15NO3/c1-11(19)18-8-7-14-9-13(5-6-16(14)18)12-3-2-4-15(10-12)17(20)21/h2-6,9-10H,7-8H2,1H3,(H,20,21). The van der Waals surface area contributed by atoms with Crippen molar-refractivity contribution in [3.05, 3.63) is 53.6 Å². The molecule has 1 amide bonds. The Kier molecular flexibility index (Phi) is 3.22. The Bertz CT molecular complexity index is 737. The van der Waals surface area contributed by atoms with Crippen molar-refractivity contribution in [1.29, 1.82) is 0 Å². The monoisotopic (exact) mass is 281 g/mol. The molecule has 0 aromatic heterocycles. The van der Waals surface area contributed by atoms with E-state index in [4.69, 9.17) is 5.11 Å². The van der Waals surface area contributed by atoms with E-state index in [1.54, 1.807) is 30.0 Å². The third-order valence-electron chi connectivity index (χ3n) is 3.80. The fourth-order valence-corrected chi connectivity index (χ4v) is 2.74. The molecule has 2 aromatic rings. The highest BCUT2D eigenvalue weighted by Gasteiger charge is 2.22. The lowest BCUT2D eigenvalue weighted by Crippen LogP contribution is -2.25. The molecular formula is C17H15NO3. The highest BCUT2D eigenvalue weighted by atomic mass is 16.4. The molecule has 1 aliphatic heterocycles. The van der Waals surface area contributed by atoms with Gasteiger partial charge in [-0.25, -0.2) is 4.79 Å². The minimum atomic E-state index is -0.930. The molecule has 1 N–H and O–H groups in total. The second-order valence-corrected chi connectivity index (χ2v) is 5.15. The summed E-state index contributed by atoms with van der Waals surface area (Å²) in [5.41, 5.74) is 4.21. The predicted octanol–water partition coefficient (Wildman–Crippen LogP) is 2.96. The summed E-state index contributed by atoms with van der Waals surface area (Å²) >= 11 is 0. The number of carbonyl (C=O) groups is 2. The average Bonchev–Trinajstić information content (AvgIpc) is 2.90. The fraction of sp³-hybridized carbons (Fsp3) is 0.176. The summed E-state index contributed by atoms with van der Waals surface area (Å²) in [7, 11) is 0. The van der Waals surface area contributed by atoms with Crippen LogP contribution in [0.15, 0.2) is 42.5 Å². The first-order chi connectivity index (χ1) is 10.1. The molecule has 0 unspecified atom stereocenters. The van der Waals surface area contributed by atoms with Crippen LogP contribution in [-0.4, -0.2) is 23.5 Å². The Hall–Kier alpha value is -2.62. The van der Waals surface area contributed by atoms with Crippen molar-refractivity contribution >= 4 is 17.6 Å². The first kappa shape index (κ1) is 13.4. The molecule has 4 heteroatoms. The van der Waals surface area contributed by atoms with Crippen LogP contribution in [-0.2, 0) is 11.2 Å². The summed E-state index contributed by atoms with van der Waals surface area (Å²) in [4.78, 5) is 24.4. The van der Waals surface area contributed by atoms with Gasteiger partial charge in [-0.3, -0.25) is 4.79 Å². The van der Waals surface area contributed by atoms with Crippen LogP contribution in [0.5, 0.6) is 0 Å². The molecule has 4 nitrogen and oxygen atoms in total. The molecule has 0 saturated carbocycles. The number of carboxylic acid groups (broad SMARTS) is 1. The molecule has 0 aliphatic carbocycles. The summed E-state index contributed by atoms with van der Waals surface area (Å²) in [6, 6.07) is 12.8. The maximum atomic E-state index is 11.5. The van der Waals surface area contributed by atoms with Gasteiger partial charge in [-0.1, -0.05) is 18.2 Å². The summed E-state index contributed by atoms with van der Waals surface area (Å²) < 4.78 is 0. The lowest BCUT2D eigenvalue weighted by molar-refractivity contribution is -0.116. The maximum absolute atomic E-state index is 11.5. The average molecular weight is 281 g/mol. The quantitative estimate of drug-likeness (QED) is 0.920. The van der Waals surface area contributed by atoms with Gasteiger partial charge in [-0.05, 0) is 47.4 Å². The van der Waals surface area contributed by atoms with Crippen molar-refractivity contribution in [3.63, 3.8) is 0 Å². The van der Waals surface area contributed by atoms with Gasteiger partial charge in [-0.15, -0.1) is 0 Å². The smallest absolute Gasteiger partial charge is 0.335 e. The number of rotatable bonds is 2. The zero-order valence-electron chi connectivity index (χ0n) is 11.7. The zero-order valence-corrected chi connectivity index (χ0v) is 11.7. The van der Waals surface area contributed by atoms with Gasteiger partial charge >= 0.3 is 5.97 Å². The summed E-state index contributed by atoms with van der Waals surface area (Å²) in [6.07, 6.45) is 0.835. The number of nitrogens with zero attached hydrogens (tertiary/aromatic N) is 1. The fourth-order valence-electron chi connectivity index (χ4n) is 2.74. The van der Waals surface area contributed by atoms with Crippen molar-refractivity contribution in [3.8, 4) is 11.1 Å². The van der Waals surface area contributed by atoms with Crippen LogP contribution in [0.3, 0.4) is 0 Å². The summed E-state index contributed by atoms with van der Waals surface area (Å²) in [5.74, 6) is -0.880. The second kappa shape index (κ2) is 5.05. The number of fused-ring (bicyclic) bond motifs is 1. The normalized spacial score (nSPS) is 13.1. The van der Waals surface area contributed by atoms with E-state index in [-0.39, 0.29) is 11.5 Å². The van der Waals surface area contributed by atoms with Crippen LogP contribution in [0.2, 0.25) is 0 Å². The molecule has 0 atom stereocenters. The number of aromatic carboxylic acids is 1. The van der Waals surface area contributed by atoms with E-state index in [0.717, 1.165) is 28.8 Å². The van der Waals surface area contributed by atoms with E-state index in [0.29, 0.717) is 6.54 Å². The molecular weight excluding hydrogens is 266 g/mol. The van der Waals surface area contributed by atoms with Crippen molar-refractivity contribution < 1.29 is 14.7 Å². The number of hydrogen-bond donors (Lipinski definition) is 1. The van der Waals surface area contributed by atoms with Gasteiger partial charge in [0.2, 0.25) is 5.91 Å². The molecule has 2 aromatic carbocycles. The Morgan fingerprint density at radius 1 is 1.10 bits per heavy atom. The molecule has 0 fully saturated rings. The SMILES string of the molecule is CC(=O)N1CCc2cc(-c3cccc(C(=O)O)c3)ccc21. The third-order valence-corrected chi connectivity index (χ3v) is 3.80. The third kappa shape index (κ3) is 2.40. The molecule has 21 heavy (non-hydrogen) atoms. The van der Waals surface area contributed by atoms with E-state index in [1.165, 1.54) is 0 Å². The number of carbonyl (C=O) groups excluding carboxylic acids is 1. The van der Waals surface area contributed by atoms with Crippen molar-refractivity contribution in [2.75, 3.05) is 11.4 Å². The first-order valence-corrected chi connectivity index (χ1v) is 6.81. The van der Waals surface area contributed by atoms with Gasteiger partial charge in [0.05, 0.1) is 5.56 Å². The molecule has 0 bridgehead atoms. The van der Waals surface area contributed by atoms with Gasteiger partial charge in [0.1, 0.15) is 0 Å². The van der Waals surface area contributed by atoms with Crippen LogP contribution in [0, 0.1) is 0 Å². The minimum Gasteiger partial charge on any atom is -0.478 e. The topological polar surface area (TPSA) is 57.6 Å². The van der Waals surface area contributed by atoms with Crippen LogP contribution < -0.4 is 4.90 Å². The van der Waals surface area contributed by atoms with E-state index in [9.17, 15) is 9.59 Å². The number of hydrogen-bond acceptors (Lipinski definition) is 2.